The maximum atomic E-state index is 8.65. The number of hydrogen-bond acceptors (Lipinski definition) is 5. The molecule has 2 aromatic heterocycles. The molecular formula is C8H2N4S. The Morgan fingerprint density at radius 2 is 1.46 bits per heavy atom. The molecule has 0 amide bonds. The van der Waals surface area contributed by atoms with Gasteiger partial charge >= 0.3 is 0 Å². The van der Waals surface area contributed by atoms with E-state index in [0.29, 0.717) is 11.0 Å². The average molecular weight is 186 g/mol. The van der Waals surface area contributed by atoms with Crippen LogP contribution >= 0.6 is 11.3 Å². The minimum Gasteiger partial charge on any atom is -0.232 e. The van der Waals surface area contributed by atoms with Gasteiger partial charge in [-0.15, -0.1) is 11.3 Å². The van der Waals surface area contributed by atoms with Gasteiger partial charge < -0.3 is 0 Å². The molecule has 0 aliphatic carbocycles. The largest absolute Gasteiger partial charge is 0.232 e. The summed E-state index contributed by atoms with van der Waals surface area (Å²) in [6.07, 6.45) is 0. The molecule has 13 heavy (non-hydrogen) atoms. The van der Waals surface area contributed by atoms with Crippen LogP contribution in [0.25, 0.3) is 11.0 Å². The Morgan fingerprint density at radius 1 is 1.00 bits per heavy atom. The van der Waals surface area contributed by atoms with Crippen molar-refractivity contribution in [1.82, 2.24) is 9.97 Å². The number of nitrogens with zero attached hydrogens (tertiary/aromatic N) is 4. The van der Waals surface area contributed by atoms with E-state index in [2.05, 4.69) is 9.97 Å². The number of aromatic nitrogens is 2. The number of nitriles is 2. The third-order valence-electron chi connectivity index (χ3n) is 1.52. The molecule has 60 valence electrons. The van der Waals surface area contributed by atoms with E-state index in [1.807, 2.05) is 12.1 Å². The van der Waals surface area contributed by atoms with Crippen LogP contribution < -0.4 is 0 Å². The summed E-state index contributed by atoms with van der Waals surface area (Å²) >= 11 is 1.45. The van der Waals surface area contributed by atoms with E-state index < -0.39 is 0 Å². The summed E-state index contributed by atoms with van der Waals surface area (Å²) < 4.78 is 0. The van der Waals surface area contributed by atoms with Crippen LogP contribution in [-0.2, 0) is 0 Å². The molecule has 0 saturated heterocycles. The van der Waals surface area contributed by atoms with Crippen molar-refractivity contribution in [2.24, 2.45) is 0 Å². The molecule has 0 unspecified atom stereocenters. The average Bonchev–Trinajstić information content (AvgIpc) is 2.62. The highest BCUT2D eigenvalue weighted by molar-refractivity contribution is 7.09. The van der Waals surface area contributed by atoms with Crippen LogP contribution in [0.3, 0.4) is 0 Å². The van der Waals surface area contributed by atoms with Crippen molar-refractivity contribution in [3.8, 4) is 12.1 Å². The molecule has 0 N–H and O–H groups in total. The molecule has 4 nitrogen and oxygen atoms in total. The number of thiophene rings is 1. The van der Waals surface area contributed by atoms with Gasteiger partial charge in [0.1, 0.15) is 23.2 Å². The molecule has 2 aromatic rings. The Morgan fingerprint density at radius 3 is 1.85 bits per heavy atom. The Kier molecular flexibility index (Phi) is 1.66. The quantitative estimate of drug-likeness (QED) is 0.623. The van der Waals surface area contributed by atoms with Crippen molar-refractivity contribution in [2.75, 3.05) is 0 Å². The molecule has 0 bridgehead atoms. The molecule has 0 aliphatic heterocycles. The van der Waals surface area contributed by atoms with Crippen molar-refractivity contribution >= 4 is 22.4 Å². The summed E-state index contributed by atoms with van der Waals surface area (Å²) in [6, 6.07) is 3.67. The van der Waals surface area contributed by atoms with Gasteiger partial charge in [-0.1, -0.05) is 0 Å². The topological polar surface area (TPSA) is 73.4 Å². The van der Waals surface area contributed by atoms with Crippen LogP contribution in [0.2, 0.25) is 0 Å². The van der Waals surface area contributed by atoms with Crippen LogP contribution in [0, 0.1) is 22.7 Å². The molecular weight excluding hydrogens is 184 g/mol. The third-order valence-corrected chi connectivity index (χ3v) is 2.24. The van der Waals surface area contributed by atoms with Gasteiger partial charge in [0.05, 0.1) is 0 Å². The highest BCUT2D eigenvalue weighted by Gasteiger charge is 2.07. The van der Waals surface area contributed by atoms with Gasteiger partial charge in [-0.3, -0.25) is 0 Å². The second-order valence-corrected chi connectivity index (χ2v) is 3.03. The Hall–Kier alpha value is -1.98. The summed E-state index contributed by atoms with van der Waals surface area (Å²) in [5, 5.41) is 20.9. The summed E-state index contributed by atoms with van der Waals surface area (Å²) in [4.78, 5) is 7.98. The third kappa shape index (κ3) is 1.12. The van der Waals surface area contributed by atoms with Gasteiger partial charge in [-0.05, 0) is 0 Å². The first-order valence-corrected chi connectivity index (χ1v) is 4.33. The lowest BCUT2D eigenvalue weighted by Crippen LogP contribution is -1.92. The maximum absolute atomic E-state index is 8.65. The normalized spacial score (nSPS) is 9.38. The van der Waals surface area contributed by atoms with Gasteiger partial charge in [0.2, 0.25) is 0 Å². The molecule has 0 fully saturated rings. The molecule has 0 radical (unpaired) electrons. The lowest BCUT2D eigenvalue weighted by Gasteiger charge is -1.92. The Labute approximate surface area is 77.7 Å². The lowest BCUT2D eigenvalue weighted by atomic mass is 10.3. The van der Waals surface area contributed by atoms with Crippen LogP contribution in [0.4, 0.5) is 0 Å². The molecule has 0 aliphatic rings. The fraction of sp³-hybridized carbons (Fsp3) is 0. The summed E-state index contributed by atoms with van der Waals surface area (Å²) in [5.74, 6) is 0. The van der Waals surface area contributed by atoms with Crippen LogP contribution in [0.5, 0.6) is 0 Å². The SMILES string of the molecule is N#Cc1nc2cscc2nc1C#N. The van der Waals surface area contributed by atoms with Crippen LogP contribution in [0.15, 0.2) is 10.8 Å². The van der Waals surface area contributed by atoms with E-state index in [0.717, 1.165) is 0 Å². The van der Waals surface area contributed by atoms with E-state index in [9.17, 15) is 0 Å². The van der Waals surface area contributed by atoms with Crippen molar-refractivity contribution in [3.05, 3.63) is 22.1 Å². The molecule has 2 heterocycles. The second-order valence-electron chi connectivity index (χ2n) is 2.29. The first kappa shape index (κ1) is 7.66. The van der Waals surface area contributed by atoms with Gasteiger partial charge in [-0.2, -0.15) is 10.5 Å². The van der Waals surface area contributed by atoms with Crippen molar-refractivity contribution in [3.63, 3.8) is 0 Å². The van der Waals surface area contributed by atoms with Gasteiger partial charge in [0, 0.05) is 10.8 Å². The second kappa shape index (κ2) is 2.81. The minimum absolute atomic E-state index is 0.0911. The predicted molar refractivity (Wildman–Crippen MR) is 46.8 cm³/mol. The first-order valence-electron chi connectivity index (χ1n) is 3.39. The first-order chi connectivity index (χ1) is 6.35. The summed E-state index contributed by atoms with van der Waals surface area (Å²) in [6.45, 7) is 0. The summed E-state index contributed by atoms with van der Waals surface area (Å²) in [5.41, 5.74) is 1.52. The van der Waals surface area contributed by atoms with Crippen LogP contribution in [0.1, 0.15) is 11.4 Å². The predicted octanol–water partition coefficient (Wildman–Crippen LogP) is 1.43. The molecule has 2 rings (SSSR count). The van der Waals surface area contributed by atoms with E-state index in [-0.39, 0.29) is 11.4 Å². The van der Waals surface area contributed by atoms with Gasteiger partial charge in [-0.25, -0.2) is 9.97 Å². The zero-order valence-corrected chi connectivity index (χ0v) is 7.17. The van der Waals surface area contributed by atoms with E-state index in [4.69, 9.17) is 10.5 Å². The molecule has 0 spiro atoms. The smallest absolute Gasteiger partial charge is 0.177 e. The fourth-order valence-corrected chi connectivity index (χ4v) is 1.63. The van der Waals surface area contributed by atoms with E-state index in [1.165, 1.54) is 11.3 Å². The van der Waals surface area contributed by atoms with Crippen molar-refractivity contribution in [2.45, 2.75) is 0 Å². The highest BCUT2D eigenvalue weighted by Crippen LogP contribution is 2.16. The monoisotopic (exact) mass is 186 g/mol. The standard InChI is InChI=1S/C8H2N4S/c9-1-5-6(2-10)12-8-4-13-3-7(8)11-5/h3-4H. The van der Waals surface area contributed by atoms with E-state index in [1.54, 1.807) is 10.8 Å². The highest BCUT2D eigenvalue weighted by atomic mass is 32.1. The van der Waals surface area contributed by atoms with Crippen LogP contribution in [-0.4, -0.2) is 9.97 Å². The zero-order valence-electron chi connectivity index (χ0n) is 6.35. The van der Waals surface area contributed by atoms with Crippen molar-refractivity contribution < 1.29 is 0 Å². The lowest BCUT2D eigenvalue weighted by molar-refractivity contribution is 1.20. The molecule has 0 aromatic carbocycles. The molecule has 5 heteroatoms. The summed E-state index contributed by atoms with van der Waals surface area (Å²) in [7, 11) is 0. The van der Waals surface area contributed by atoms with Gasteiger partial charge in [0.15, 0.2) is 11.4 Å². The fourth-order valence-electron chi connectivity index (χ4n) is 0.954. The van der Waals surface area contributed by atoms with Gasteiger partial charge in [0.25, 0.3) is 0 Å². The molecule has 0 atom stereocenters. The number of rotatable bonds is 0. The number of hydrogen-bond donors (Lipinski definition) is 0. The van der Waals surface area contributed by atoms with Crippen molar-refractivity contribution in [1.29, 1.82) is 10.5 Å². The van der Waals surface area contributed by atoms with E-state index >= 15 is 0 Å². The number of fused-ring (bicyclic) bond motifs is 1. The molecule has 0 saturated carbocycles. The maximum Gasteiger partial charge on any atom is 0.177 e. The minimum atomic E-state index is 0.0911. The zero-order chi connectivity index (χ0) is 9.26. The Balaban J connectivity index is 2.85. The Bertz CT molecular complexity index is 495.